The lowest BCUT2D eigenvalue weighted by Crippen LogP contribution is -2.24. The second-order valence-electron chi connectivity index (χ2n) is 3.75. The van der Waals surface area contributed by atoms with E-state index in [0.717, 1.165) is 13.0 Å². The molecule has 0 N–H and O–H groups in total. The Morgan fingerprint density at radius 2 is 1.33 bits per heavy atom. The molecule has 0 spiro atoms. The fourth-order valence-electron chi connectivity index (χ4n) is 1.47. The lowest BCUT2D eigenvalue weighted by molar-refractivity contribution is 0.133. The third kappa shape index (κ3) is 10.4. The molecule has 0 saturated carbocycles. The van der Waals surface area contributed by atoms with Gasteiger partial charge in [0.15, 0.2) is 0 Å². The van der Waals surface area contributed by atoms with Crippen LogP contribution in [0.1, 0.15) is 51.9 Å². The Labute approximate surface area is 96.1 Å². The summed E-state index contributed by atoms with van der Waals surface area (Å²) in [7, 11) is 1.53. The van der Waals surface area contributed by atoms with Crippen molar-refractivity contribution in [3.8, 4) is 0 Å². The monoisotopic (exact) mass is 234 g/mol. The van der Waals surface area contributed by atoms with E-state index in [2.05, 4.69) is 6.92 Å². The number of rotatable bonds is 11. The predicted molar refractivity (Wildman–Crippen MR) is 65.1 cm³/mol. The molecule has 0 amide bonds. The van der Waals surface area contributed by atoms with Crippen LogP contribution in [-0.2, 0) is 13.3 Å². The normalized spacial score (nSPS) is 11.2. The summed E-state index contributed by atoms with van der Waals surface area (Å²) in [6.45, 7) is 3.03. The molecule has 0 aliphatic rings. The van der Waals surface area contributed by atoms with Crippen LogP contribution in [0.3, 0.4) is 0 Å². The van der Waals surface area contributed by atoms with E-state index >= 15 is 0 Å². The van der Waals surface area contributed by atoms with Crippen LogP contribution in [0.5, 0.6) is 0 Å². The molecule has 0 saturated heterocycles. The lowest BCUT2D eigenvalue weighted by atomic mass is 10.1. The molecule has 0 unspecified atom stereocenters. The standard InChI is InChI=1S/C11H26O3Si/c1-4-5-6-7-8-9-10-11-14-15(12-2)13-3/h15H,4-11H2,1-3H3. The lowest BCUT2D eigenvalue weighted by Gasteiger charge is -2.10. The molecule has 0 aliphatic carbocycles. The van der Waals surface area contributed by atoms with E-state index in [9.17, 15) is 0 Å². The largest absolute Gasteiger partial charge is 0.483 e. The maximum Gasteiger partial charge on any atom is 0.483 e. The van der Waals surface area contributed by atoms with Gasteiger partial charge in [-0.2, -0.15) is 0 Å². The van der Waals surface area contributed by atoms with E-state index in [1.54, 1.807) is 14.2 Å². The van der Waals surface area contributed by atoms with E-state index < -0.39 is 9.53 Å². The first-order chi connectivity index (χ1) is 7.35. The first kappa shape index (κ1) is 15.1. The van der Waals surface area contributed by atoms with E-state index in [-0.39, 0.29) is 0 Å². The average Bonchev–Trinajstić information content (AvgIpc) is 2.27. The maximum absolute atomic E-state index is 5.46. The molecule has 0 aromatic carbocycles. The second-order valence-corrected chi connectivity index (χ2v) is 5.61. The van der Waals surface area contributed by atoms with Gasteiger partial charge in [-0.15, -0.1) is 0 Å². The third-order valence-electron chi connectivity index (χ3n) is 2.39. The van der Waals surface area contributed by atoms with Crippen LogP contribution in [0.4, 0.5) is 0 Å². The van der Waals surface area contributed by atoms with Crippen molar-refractivity contribution in [2.24, 2.45) is 0 Å². The first-order valence-corrected chi connectivity index (χ1v) is 7.43. The Hall–Kier alpha value is 0.0969. The topological polar surface area (TPSA) is 27.7 Å². The zero-order valence-corrected chi connectivity index (χ0v) is 11.6. The van der Waals surface area contributed by atoms with Crippen LogP contribution in [0, 0.1) is 0 Å². The van der Waals surface area contributed by atoms with Crippen molar-refractivity contribution in [3.05, 3.63) is 0 Å². The van der Waals surface area contributed by atoms with Crippen molar-refractivity contribution in [2.45, 2.75) is 51.9 Å². The molecule has 92 valence electrons. The molecule has 4 heteroatoms. The highest BCUT2D eigenvalue weighted by Gasteiger charge is 2.09. The summed E-state index contributed by atoms with van der Waals surface area (Å²) in [5, 5.41) is 0. The zero-order chi connectivity index (χ0) is 11.4. The molecule has 0 aliphatic heterocycles. The maximum atomic E-state index is 5.46. The van der Waals surface area contributed by atoms with Crippen LogP contribution in [0.2, 0.25) is 0 Å². The van der Waals surface area contributed by atoms with Crippen molar-refractivity contribution in [2.75, 3.05) is 20.8 Å². The molecule has 0 atom stereocenters. The van der Waals surface area contributed by atoms with Crippen LogP contribution >= 0.6 is 0 Å². The highest BCUT2D eigenvalue weighted by Crippen LogP contribution is 2.07. The van der Waals surface area contributed by atoms with Gasteiger partial charge in [-0.3, -0.25) is 0 Å². The Bertz CT molecular complexity index is 118. The predicted octanol–water partition coefficient (Wildman–Crippen LogP) is 2.76. The van der Waals surface area contributed by atoms with Gasteiger partial charge in [0.05, 0.1) is 0 Å². The summed E-state index contributed by atoms with van der Waals surface area (Å²) in [5.74, 6) is 0. The first-order valence-electron chi connectivity index (χ1n) is 6.02. The molecule has 0 aromatic heterocycles. The van der Waals surface area contributed by atoms with Gasteiger partial charge >= 0.3 is 9.53 Å². The fourth-order valence-corrected chi connectivity index (χ4v) is 2.29. The summed E-state index contributed by atoms with van der Waals surface area (Å²) in [6.07, 6.45) is 9.15. The molecule has 3 nitrogen and oxygen atoms in total. The molecule has 0 aromatic rings. The quantitative estimate of drug-likeness (QED) is 0.406. The molecule has 15 heavy (non-hydrogen) atoms. The van der Waals surface area contributed by atoms with Crippen LogP contribution in [-0.4, -0.2) is 30.4 Å². The van der Waals surface area contributed by atoms with Crippen molar-refractivity contribution < 1.29 is 13.3 Å². The smallest absolute Gasteiger partial charge is 0.379 e. The molecular weight excluding hydrogens is 208 g/mol. The number of hydrogen-bond donors (Lipinski definition) is 0. The molecular formula is C11H26O3Si. The Kier molecular flexibility index (Phi) is 12.2. The minimum atomic E-state index is -1.76. The van der Waals surface area contributed by atoms with Gasteiger partial charge in [-0.1, -0.05) is 45.4 Å². The highest BCUT2D eigenvalue weighted by molar-refractivity contribution is 6.36. The van der Waals surface area contributed by atoms with E-state index in [1.165, 1.54) is 38.5 Å². The second kappa shape index (κ2) is 12.2. The zero-order valence-electron chi connectivity index (χ0n) is 10.5. The Balaban J connectivity index is 3.04. The van der Waals surface area contributed by atoms with Crippen molar-refractivity contribution in [3.63, 3.8) is 0 Å². The molecule has 0 heterocycles. The third-order valence-corrected chi connectivity index (χ3v) is 3.66. The van der Waals surface area contributed by atoms with Crippen LogP contribution in [0.25, 0.3) is 0 Å². The summed E-state index contributed by atoms with van der Waals surface area (Å²) in [5.41, 5.74) is 0. The van der Waals surface area contributed by atoms with Crippen LogP contribution in [0.15, 0.2) is 0 Å². The van der Waals surface area contributed by atoms with Crippen molar-refractivity contribution in [1.29, 1.82) is 0 Å². The van der Waals surface area contributed by atoms with E-state index in [1.807, 2.05) is 0 Å². The van der Waals surface area contributed by atoms with Gasteiger partial charge in [-0.25, -0.2) is 0 Å². The summed E-state index contributed by atoms with van der Waals surface area (Å²) in [6, 6.07) is 0. The Morgan fingerprint density at radius 1 is 0.800 bits per heavy atom. The average molecular weight is 234 g/mol. The summed E-state index contributed by atoms with van der Waals surface area (Å²) in [4.78, 5) is 0. The minimum absolute atomic E-state index is 0.784. The van der Waals surface area contributed by atoms with Gasteiger partial charge in [0.25, 0.3) is 0 Å². The summed E-state index contributed by atoms with van der Waals surface area (Å²) < 4.78 is 15.6. The highest BCUT2D eigenvalue weighted by atomic mass is 28.3. The summed E-state index contributed by atoms with van der Waals surface area (Å²) >= 11 is 0. The van der Waals surface area contributed by atoms with Crippen molar-refractivity contribution in [1.82, 2.24) is 0 Å². The number of hydrogen-bond acceptors (Lipinski definition) is 3. The van der Waals surface area contributed by atoms with Gasteiger partial charge in [-0.05, 0) is 6.42 Å². The Morgan fingerprint density at radius 3 is 1.87 bits per heavy atom. The SMILES string of the molecule is CCCCCCCCCO[SiH](OC)OC. The van der Waals surface area contributed by atoms with E-state index in [0.29, 0.717) is 0 Å². The molecule has 0 bridgehead atoms. The van der Waals surface area contributed by atoms with Gasteiger partial charge in [0, 0.05) is 20.8 Å². The molecule has 0 radical (unpaired) electrons. The van der Waals surface area contributed by atoms with Gasteiger partial charge in [0.2, 0.25) is 0 Å². The van der Waals surface area contributed by atoms with Gasteiger partial charge < -0.3 is 13.3 Å². The number of unbranched alkanes of at least 4 members (excludes halogenated alkanes) is 6. The van der Waals surface area contributed by atoms with Crippen LogP contribution < -0.4 is 0 Å². The molecule has 0 fully saturated rings. The molecule has 0 rings (SSSR count). The van der Waals surface area contributed by atoms with Crippen molar-refractivity contribution >= 4 is 9.53 Å². The van der Waals surface area contributed by atoms with E-state index in [4.69, 9.17) is 13.3 Å². The minimum Gasteiger partial charge on any atom is -0.379 e. The van der Waals surface area contributed by atoms with Gasteiger partial charge in [0.1, 0.15) is 0 Å². The fraction of sp³-hybridized carbons (Fsp3) is 1.00.